The smallest absolute Gasteiger partial charge is 0.253 e. The summed E-state index contributed by atoms with van der Waals surface area (Å²) in [6.07, 6.45) is 3.02. The minimum Gasteiger partial charge on any atom is -0.494 e. The minimum atomic E-state index is -0.863. The highest BCUT2D eigenvalue weighted by molar-refractivity contribution is 6.42. The second kappa shape index (κ2) is 8.00. The highest BCUT2D eigenvalue weighted by atomic mass is 35.5. The molecule has 2 aromatic carbocycles. The average Bonchev–Trinajstić information content (AvgIpc) is 3.45. The lowest BCUT2D eigenvalue weighted by Gasteiger charge is -2.26. The van der Waals surface area contributed by atoms with Gasteiger partial charge in [0, 0.05) is 17.2 Å². The number of aromatic nitrogens is 3. The fourth-order valence-electron chi connectivity index (χ4n) is 5.65. The van der Waals surface area contributed by atoms with E-state index in [-0.39, 0.29) is 34.3 Å². The highest BCUT2D eigenvalue weighted by Gasteiger charge is 2.61. The van der Waals surface area contributed by atoms with Crippen LogP contribution in [0.4, 0.5) is 0 Å². The lowest BCUT2D eigenvalue weighted by molar-refractivity contribution is -0.0877. The van der Waals surface area contributed by atoms with Gasteiger partial charge >= 0.3 is 0 Å². The van der Waals surface area contributed by atoms with Gasteiger partial charge in [-0.15, -0.1) is 5.10 Å². The zero-order chi connectivity index (χ0) is 25.2. The van der Waals surface area contributed by atoms with Crippen molar-refractivity contribution in [1.82, 2.24) is 14.8 Å². The number of halogens is 2. The number of nitrogens with zero attached hydrogens (tertiary/aromatic N) is 4. The Hall–Kier alpha value is -3.51. The van der Waals surface area contributed by atoms with Crippen molar-refractivity contribution < 1.29 is 19.7 Å². The van der Waals surface area contributed by atoms with Gasteiger partial charge in [0.05, 0.1) is 51.9 Å². The molecule has 2 atom stereocenters. The van der Waals surface area contributed by atoms with Gasteiger partial charge in [-0.2, -0.15) is 10.4 Å². The zero-order valence-corrected chi connectivity index (χ0v) is 20.6. The molecule has 2 bridgehead atoms. The van der Waals surface area contributed by atoms with E-state index in [1.165, 1.54) is 10.8 Å². The van der Waals surface area contributed by atoms with Crippen LogP contribution in [0.2, 0.25) is 10.0 Å². The van der Waals surface area contributed by atoms with Crippen LogP contribution in [0.1, 0.15) is 42.9 Å². The first-order valence-electron chi connectivity index (χ1n) is 11.4. The van der Waals surface area contributed by atoms with Crippen molar-refractivity contribution in [2.24, 2.45) is 0 Å². The molecule has 2 aliphatic rings. The highest BCUT2D eigenvalue weighted by Crippen LogP contribution is 2.65. The molecule has 0 spiro atoms. The van der Waals surface area contributed by atoms with Gasteiger partial charge in [-0.05, 0) is 31.9 Å². The third kappa shape index (κ3) is 3.10. The third-order valence-corrected chi connectivity index (χ3v) is 8.00. The number of benzene rings is 2. The fourth-order valence-corrected chi connectivity index (χ4v) is 5.92. The monoisotopic (exact) mass is 522 g/mol. The van der Waals surface area contributed by atoms with Gasteiger partial charge in [0.1, 0.15) is 10.6 Å². The number of fused-ring (bicyclic) bond motifs is 6. The van der Waals surface area contributed by atoms with Crippen LogP contribution in [0.15, 0.2) is 42.6 Å². The van der Waals surface area contributed by atoms with Gasteiger partial charge in [0.2, 0.25) is 11.8 Å². The molecular formula is C26H20Cl2N4O4. The molecule has 4 heterocycles. The van der Waals surface area contributed by atoms with E-state index in [1.54, 1.807) is 12.1 Å². The number of hydrogen-bond acceptors (Lipinski definition) is 7. The van der Waals surface area contributed by atoms with E-state index in [2.05, 4.69) is 16.3 Å². The maximum atomic E-state index is 11.5. The van der Waals surface area contributed by atoms with E-state index < -0.39 is 11.2 Å². The number of ether oxygens (including phenoxy) is 2. The molecule has 182 valence electrons. The fraction of sp³-hybridized carbons (Fsp3) is 0.269. The van der Waals surface area contributed by atoms with Crippen LogP contribution in [0.3, 0.4) is 0 Å². The Bertz CT molecular complexity index is 1600. The Balaban J connectivity index is 1.43. The van der Waals surface area contributed by atoms with Gasteiger partial charge in [0.15, 0.2) is 0 Å². The molecule has 36 heavy (non-hydrogen) atoms. The van der Waals surface area contributed by atoms with Crippen LogP contribution in [-0.2, 0) is 15.9 Å². The third-order valence-electron chi connectivity index (χ3n) is 7.26. The van der Waals surface area contributed by atoms with Crippen molar-refractivity contribution in [1.29, 1.82) is 5.26 Å². The Morgan fingerprint density at radius 2 is 1.86 bits per heavy atom. The van der Waals surface area contributed by atoms with Crippen molar-refractivity contribution in [3.8, 4) is 29.4 Å². The first kappa shape index (κ1) is 22.9. The Morgan fingerprint density at radius 1 is 1.11 bits per heavy atom. The standard InChI is InChI=1S/C26H20Cl2N4O4/c1-25-8-9-26(36-25,10-11-35-22-21(28)17(27)13-30-31-22)20-19(25)23(33)32(24(20)34)18-7-6-14(12-29)15-4-2-3-5-16(15)18/h2-7,13,33-34H,8-11H2,1H3/t25-,26-/m1/s1. The molecule has 0 aliphatic carbocycles. The maximum Gasteiger partial charge on any atom is 0.253 e. The Morgan fingerprint density at radius 3 is 2.64 bits per heavy atom. The Kier molecular flexibility index (Phi) is 5.09. The summed E-state index contributed by atoms with van der Waals surface area (Å²) in [5.74, 6) is -0.0549. The van der Waals surface area contributed by atoms with Gasteiger partial charge in [0.25, 0.3) is 5.88 Å². The van der Waals surface area contributed by atoms with E-state index in [0.29, 0.717) is 41.6 Å². The van der Waals surface area contributed by atoms with Gasteiger partial charge in [-0.1, -0.05) is 47.5 Å². The van der Waals surface area contributed by atoms with Crippen molar-refractivity contribution in [2.75, 3.05) is 6.61 Å². The number of hydrogen-bond donors (Lipinski definition) is 2. The summed E-state index contributed by atoms with van der Waals surface area (Å²) in [6, 6.07) is 13.0. The van der Waals surface area contributed by atoms with E-state index in [4.69, 9.17) is 32.7 Å². The normalized spacial score (nSPS) is 22.1. The van der Waals surface area contributed by atoms with Crippen molar-refractivity contribution >= 4 is 34.0 Å². The molecule has 0 saturated carbocycles. The summed E-state index contributed by atoms with van der Waals surface area (Å²) in [5, 5.41) is 42.0. The molecule has 1 saturated heterocycles. The molecule has 1 fully saturated rings. The lowest BCUT2D eigenvalue weighted by Crippen LogP contribution is -2.25. The largest absolute Gasteiger partial charge is 0.494 e. The van der Waals surface area contributed by atoms with Crippen LogP contribution in [-0.4, -0.2) is 31.6 Å². The number of aromatic hydroxyl groups is 2. The van der Waals surface area contributed by atoms with Gasteiger partial charge < -0.3 is 19.7 Å². The van der Waals surface area contributed by atoms with Gasteiger partial charge in [-0.25, -0.2) is 0 Å². The average molecular weight is 523 g/mol. The number of rotatable bonds is 5. The molecule has 6 rings (SSSR count). The molecule has 2 aromatic heterocycles. The molecule has 0 radical (unpaired) electrons. The molecule has 0 amide bonds. The van der Waals surface area contributed by atoms with Crippen LogP contribution in [0.5, 0.6) is 17.6 Å². The second-order valence-electron chi connectivity index (χ2n) is 9.26. The summed E-state index contributed by atoms with van der Waals surface area (Å²) >= 11 is 12.2. The van der Waals surface area contributed by atoms with Crippen LogP contribution < -0.4 is 4.74 Å². The summed E-state index contributed by atoms with van der Waals surface area (Å²) in [6.45, 7) is 2.09. The maximum absolute atomic E-state index is 11.5. The zero-order valence-electron chi connectivity index (χ0n) is 19.1. The summed E-state index contributed by atoms with van der Waals surface area (Å²) < 4.78 is 13.7. The predicted molar refractivity (Wildman–Crippen MR) is 133 cm³/mol. The molecular weight excluding hydrogens is 503 g/mol. The second-order valence-corrected chi connectivity index (χ2v) is 10.0. The Labute approximate surface area is 216 Å². The first-order chi connectivity index (χ1) is 17.3. The predicted octanol–water partition coefficient (Wildman–Crippen LogP) is 5.71. The summed E-state index contributed by atoms with van der Waals surface area (Å²) in [7, 11) is 0. The molecule has 8 nitrogen and oxygen atoms in total. The molecule has 10 heteroatoms. The van der Waals surface area contributed by atoms with Crippen molar-refractivity contribution in [2.45, 2.75) is 37.4 Å². The summed E-state index contributed by atoms with van der Waals surface area (Å²) in [4.78, 5) is 0. The molecule has 0 unspecified atom stereocenters. The van der Waals surface area contributed by atoms with Crippen molar-refractivity contribution in [3.05, 3.63) is 69.3 Å². The van der Waals surface area contributed by atoms with Gasteiger partial charge in [-0.3, -0.25) is 4.57 Å². The quantitative estimate of drug-likeness (QED) is 0.344. The molecule has 4 aromatic rings. The lowest BCUT2D eigenvalue weighted by atomic mass is 9.78. The minimum absolute atomic E-state index is 0.0777. The van der Waals surface area contributed by atoms with E-state index >= 15 is 0 Å². The molecule has 2 N–H and O–H groups in total. The van der Waals surface area contributed by atoms with E-state index in [1.807, 2.05) is 31.2 Å². The van der Waals surface area contributed by atoms with Crippen LogP contribution >= 0.6 is 23.2 Å². The first-order valence-corrected chi connectivity index (χ1v) is 12.1. The topological polar surface area (TPSA) is 113 Å². The van der Waals surface area contributed by atoms with E-state index in [9.17, 15) is 15.5 Å². The van der Waals surface area contributed by atoms with E-state index in [0.717, 1.165) is 10.8 Å². The van der Waals surface area contributed by atoms with Crippen LogP contribution in [0.25, 0.3) is 16.5 Å². The SMILES string of the molecule is C[C@]12CC[C@](CCOc3nncc(Cl)c3Cl)(O1)c1c2c(O)n(-c2ccc(C#N)c3ccccc23)c1O. The van der Waals surface area contributed by atoms with Crippen molar-refractivity contribution in [3.63, 3.8) is 0 Å². The summed E-state index contributed by atoms with van der Waals surface area (Å²) in [5.41, 5.74) is 0.578. The van der Waals surface area contributed by atoms with Crippen LogP contribution in [0, 0.1) is 11.3 Å². The molecule has 2 aliphatic heterocycles. The number of nitriles is 1.